The molecule has 1 aromatic heterocycles. The van der Waals surface area contributed by atoms with Crippen molar-refractivity contribution >= 4 is 6.09 Å². The molecule has 2 aromatic carbocycles. The highest BCUT2D eigenvalue weighted by molar-refractivity contribution is 5.70. The molecule has 1 fully saturated rings. The summed E-state index contributed by atoms with van der Waals surface area (Å²) >= 11 is 0. The summed E-state index contributed by atoms with van der Waals surface area (Å²) in [6.45, 7) is 5.97. The summed E-state index contributed by atoms with van der Waals surface area (Å²) in [6.07, 6.45) is 2.14. The molecule has 0 aliphatic carbocycles. The van der Waals surface area contributed by atoms with Crippen molar-refractivity contribution in [2.45, 2.75) is 50.9 Å². The molecule has 1 amide bonds. The lowest BCUT2D eigenvalue weighted by Gasteiger charge is -2.45. The van der Waals surface area contributed by atoms with E-state index in [1.807, 2.05) is 61.5 Å². The molecular weight excluding hydrogens is 426 g/mol. The maximum Gasteiger partial charge on any atom is 0.411 e. The first-order chi connectivity index (χ1) is 16.2. The molecule has 0 unspecified atom stereocenters. The summed E-state index contributed by atoms with van der Waals surface area (Å²) in [4.78, 5) is 19.3. The van der Waals surface area contributed by atoms with E-state index in [-0.39, 0.29) is 12.1 Å². The minimum Gasteiger partial charge on any atom is -0.438 e. The van der Waals surface area contributed by atoms with Gasteiger partial charge in [-0.25, -0.2) is 4.79 Å². The zero-order chi connectivity index (χ0) is 24.3. The number of aromatic nitrogens is 1. The average Bonchev–Trinajstić information content (AvgIpc) is 2.83. The van der Waals surface area contributed by atoms with Gasteiger partial charge in [-0.15, -0.1) is 0 Å². The van der Waals surface area contributed by atoms with Gasteiger partial charge in [0.25, 0.3) is 0 Å². The molecule has 0 bridgehead atoms. The average molecular weight is 456 g/mol. The predicted molar refractivity (Wildman–Crippen MR) is 130 cm³/mol. The van der Waals surface area contributed by atoms with Crippen LogP contribution in [0.15, 0.2) is 72.9 Å². The molecule has 6 heteroatoms. The summed E-state index contributed by atoms with van der Waals surface area (Å²) in [5.41, 5.74) is 2.22. The van der Waals surface area contributed by atoms with E-state index in [1.165, 1.54) is 0 Å². The molecule has 34 heavy (non-hydrogen) atoms. The molecule has 1 N–H and O–H groups in total. The first-order valence-electron chi connectivity index (χ1n) is 11.4. The largest absolute Gasteiger partial charge is 0.438 e. The van der Waals surface area contributed by atoms with E-state index in [0.29, 0.717) is 24.9 Å². The van der Waals surface area contributed by atoms with Gasteiger partial charge in [-0.3, -0.25) is 4.98 Å². The lowest BCUT2D eigenvalue weighted by molar-refractivity contribution is -0.101. The Labute approximate surface area is 200 Å². The second-order valence-corrected chi connectivity index (χ2v) is 9.50. The normalized spacial score (nSPS) is 19.3. The number of hydrogen-bond acceptors (Lipinski definition) is 5. The molecule has 0 spiro atoms. The maximum absolute atomic E-state index is 13.2. The molecule has 0 saturated carbocycles. The summed E-state index contributed by atoms with van der Waals surface area (Å²) in [7, 11) is 0. The molecule has 4 rings (SSSR count). The van der Waals surface area contributed by atoms with Crippen LogP contribution in [0, 0.1) is 11.3 Å². The predicted octanol–water partition coefficient (Wildman–Crippen LogP) is 5.58. The van der Waals surface area contributed by atoms with E-state index >= 15 is 0 Å². The second kappa shape index (κ2) is 9.28. The van der Waals surface area contributed by atoms with Gasteiger partial charge in [-0.2, -0.15) is 5.26 Å². The third-order valence-corrected chi connectivity index (χ3v) is 6.34. The van der Waals surface area contributed by atoms with Crippen LogP contribution in [0.1, 0.15) is 56.3 Å². The monoisotopic (exact) mass is 455 g/mol. The molecule has 6 nitrogen and oxygen atoms in total. The summed E-state index contributed by atoms with van der Waals surface area (Å²) in [6, 6.07) is 22.9. The smallest absolute Gasteiger partial charge is 0.411 e. The van der Waals surface area contributed by atoms with Crippen LogP contribution in [-0.2, 0) is 10.3 Å². The van der Waals surface area contributed by atoms with Gasteiger partial charge in [0.2, 0.25) is 0 Å². The minimum absolute atomic E-state index is 0.184. The number of carbonyl (C=O) groups excluding carboxylic acids is 1. The van der Waals surface area contributed by atoms with Crippen LogP contribution in [0.25, 0.3) is 11.3 Å². The summed E-state index contributed by atoms with van der Waals surface area (Å²) in [5.74, 6) is 0. The molecule has 1 saturated heterocycles. The number of cyclic esters (lactones) is 1. The van der Waals surface area contributed by atoms with E-state index in [4.69, 9.17) is 10.00 Å². The number of carbonyl (C=O) groups is 1. The Bertz CT molecular complexity index is 1200. The van der Waals surface area contributed by atoms with Crippen molar-refractivity contribution < 1.29 is 14.6 Å². The molecular formula is C28H29N3O3. The van der Waals surface area contributed by atoms with E-state index in [2.05, 4.69) is 11.1 Å². The lowest BCUT2D eigenvalue weighted by Crippen LogP contribution is -2.51. The number of aliphatic hydroxyl groups is 1. The Morgan fingerprint density at radius 1 is 1.18 bits per heavy atom. The topological polar surface area (TPSA) is 86.5 Å². The fourth-order valence-corrected chi connectivity index (χ4v) is 4.66. The van der Waals surface area contributed by atoms with E-state index < -0.39 is 11.2 Å². The standard InChI is InChI=1S/C28H29N3O3/c1-20(22-9-11-23(12-10-22)25-17-21(18-29)13-15-30-25)31-16-14-28(34-26(31)32,19-27(2,3)33)24-7-5-4-6-8-24/h4-13,15,17,20,33H,14,16,19H2,1-3H3/t20-,28-/m0/s1. The van der Waals surface area contributed by atoms with Crippen molar-refractivity contribution in [3.63, 3.8) is 0 Å². The van der Waals surface area contributed by atoms with Gasteiger partial charge >= 0.3 is 6.09 Å². The van der Waals surface area contributed by atoms with Gasteiger partial charge in [-0.1, -0.05) is 54.6 Å². The van der Waals surface area contributed by atoms with Gasteiger partial charge in [0.1, 0.15) is 5.60 Å². The molecule has 1 aliphatic heterocycles. The van der Waals surface area contributed by atoms with Crippen LogP contribution in [0.4, 0.5) is 4.79 Å². The van der Waals surface area contributed by atoms with E-state index in [0.717, 1.165) is 22.4 Å². The minimum atomic E-state index is -0.989. The zero-order valence-electron chi connectivity index (χ0n) is 19.7. The molecule has 0 radical (unpaired) electrons. The van der Waals surface area contributed by atoms with E-state index in [1.54, 1.807) is 37.1 Å². The number of benzene rings is 2. The van der Waals surface area contributed by atoms with Crippen LogP contribution in [0.2, 0.25) is 0 Å². The Hall–Kier alpha value is -3.69. The summed E-state index contributed by atoms with van der Waals surface area (Å²) < 4.78 is 6.10. The number of nitrogens with zero attached hydrogens (tertiary/aromatic N) is 3. The zero-order valence-corrected chi connectivity index (χ0v) is 19.7. The van der Waals surface area contributed by atoms with Crippen molar-refractivity contribution in [3.05, 3.63) is 89.6 Å². The Kier molecular flexibility index (Phi) is 6.41. The highest BCUT2D eigenvalue weighted by Gasteiger charge is 2.46. The van der Waals surface area contributed by atoms with Crippen LogP contribution in [0.5, 0.6) is 0 Å². The lowest BCUT2D eigenvalue weighted by atomic mass is 9.80. The second-order valence-electron chi connectivity index (χ2n) is 9.50. The van der Waals surface area contributed by atoms with Crippen molar-refractivity contribution in [3.8, 4) is 17.3 Å². The van der Waals surface area contributed by atoms with Gasteiger partial charge in [0, 0.05) is 31.1 Å². The molecule has 174 valence electrons. The number of amides is 1. The molecule has 2 atom stereocenters. The Balaban J connectivity index is 1.53. The number of hydrogen-bond donors (Lipinski definition) is 1. The molecule has 2 heterocycles. The van der Waals surface area contributed by atoms with Crippen LogP contribution >= 0.6 is 0 Å². The number of nitriles is 1. The van der Waals surface area contributed by atoms with Crippen molar-refractivity contribution in [1.29, 1.82) is 5.26 Å². The first-order valence-corrected chi connectivity index (χ1v) is 11.4. The van der Waals surface area contributed by atoms with E-state index in [9.17, 15) is 9.90 Å². The first kappa shape index (κ1) is 23.5. The van der Waals surface area contributed by atoms with Gasteiger partial charge < -0.3 is 14.7 Å². The number of rotatable bonds is 6. The summed E-state index contributed by atoms with van der Waals surface area (Å²) in [5, 5.41) is 19.7. The molecule has 3 aromatic rings. The SMILES string of the molecule is C[C@@H](c1ccc(-c2cc(C#N)ccn2)cc1)N1CC[C@](CC(C)(C)O)(c2ccccc2)OC1=O. The molecule has 1 aliphatic rings. The van der Waals surface area contributed by atoms with Gasteiger partial charge in [0.05, 0.1) is 29.0 Å². The third kappa shape index (κ3) is 4.95. The third-order valence-electron chi connectivity index (χ3n) is 6.34. The maximum atomic E-state index is 13.2. The fourth-order valence-electron chi connectivity index (χ4n) is 4.66. The highest BCUT2D eigenvalue weighted by atomic mass is 16.6. The van der Waals surface area contributed by atoms with Crippen molar-refractivity contribution in [2.24, 2.45) is 0 Å². The fraction of sp³-hybridized carbons (Fsp3) is 0.321. The number of ether oxygens (including phenoxy) is 1. The quantitative estimate of drug-likeness (QED) is 0.524. The number of pyridine rings is 1. The van der Waals surface area contributed by atoms with Crippen molar-refractivity contribution in [1.82, 2.24) is 9.88 Å². The van der Waals surface area contributed by atoms with Crippen LogP contribution in [-0.4, -0.2) is 33.2 Å². The van der Waals surface area contributed by atoms with Crippen LogP contribution < -0.4 is 0 Å². The van der Waals surface area contributed by atoms with Gasteiger partial charge in [-0.05, 0) is 44.0 Å². The van der Waals surface area contributed by atoms with Gasteiger partial charge in [0.15, 0.2) is 0 Å². The Morgan fingerprint density at radius 2 is 1.88 bits per heavy atom. The highest BCUT2D eigenvalue weighted by Crippen LogP contribution is 2.42. The Morgan fingerprint density at radius 3 is 2.50 bits per heavy atom. The van der Waals surface area contributed by atoms with Crippen LogP contribution in [0.3, 0.4) is 0 Å². The van der Waals surface area contributed by atoms with Crippen molar-refractivity contribution in [2.75, 3.05) is 6.54 Å².